The van der Waals surface area contributed by atoms with Crippen LogP contribution in [-0.4, -0.2) is 19.9 Å². The summed E-state index contributed by atoms with van der Waals surface area (Å²) in [6.07, 6.45) is 1.64. The van der Waals surface area contributed by atoms with Gasteiger partial charge in [-0.15, -0.1) is 11.3 Å². The molecule has 2 N–H and O–H groups in total. The molecule has 0 atom stereocenters. The highest BCUT2D eigenvalue weighted by atomic mass is 32.2. The van der Waals surface area contributed by atoms with Crippen LogP contribution in [0.2, 0.25) is 0 Å². The van der Waals surface area contributed by atoms with Crippen molar-refractivity contribution in [2.24, 2.45) is 0 Å². The van der Waals surface area contributed by atoms with Crippen LogP contribution in [0.25, 0.3) is 0 Å². The smallest absolute Gasteiger partial charge is 0.263 e. The van der Waals surface area contributed by atoms with Crippen LogP contribution in [0.4, 0.5) is 5.13 Å². The van der Waals surface area contributed by atoms with E-state index in [2.05, 4.69) is 15.0 Å². The lowest BCUT2D eigenvalue weighted by atomic mass is 10.2. The first kappa shape index (κ1) is 15.0. The van der Waals surface area contributed by atoms with Crippen molar-refractivity contribution >= 4 is 26.5 Å². The highest BCUT2D eigenvalue weighted by Gasteiger charge is 2.15. The maximum absolute atomic E-state index is 12.2. The van der Waals surface area contributed by atoms with Crippen molar-refractivity contribution in [2.75, 3.05) is 11.3 Å². The van der Waals surface area contributed by atoms with Crippen molar-refractivity contribution in [1.29, 1.82) is 0 Å². The number of aromatic nitrogens is 1. The van der Waals surface area contributed by atoms with Crippen LogP contribution in [0.5, 0.6) is 0 Å². The molecule has 1 aromatic carbocycles. The van der Waals surface area contributed by atoms with Crippen molar-refractivity contribution in [2.45, 2.75) is 25.3 Å². The summed E-state index contributed by atoms with van der Waals surface area (Å²) in [4.78, 5) is 5.21. The fourth-order valence-corrected chi connectivity index (χ4v) is 3.54. The lowest BCUT2D eigenvalue weighted by Gasteiger charge is -2.06. The first-order valence-electron chi connectivity index (χ1n) is 6.26. The number of sulfonamides is 1. The summed E-state index contributed by atoms with van der Waals surface area (Å²) in [5.41, 5.74) is 1.05. The third-order valence-corrected chi connectivity index (χ3v) is 4.97. The van der Waals surface area contributed by atoms with E-state index in [0.717, 1.165) is 23.5 Å². The molecule has 0 saturated heterocycles. The molecule has 2 aromatic rings. The Balaban J connectivity index is 2.13. The van der Waals surface area contributed by atoms with Gasteiger partial charge in [0.15, 0.2) is 5.13 Å². The Hall–Kier alpha value is -1.44. The highest BCUT2D eigenvalue weighted by Crippen LogP contribution is 2.21. The molecule has 0 fully saturated rings. The Morgan fingerprint density at radius 2 is 1.95 bits per heavy atom. The Bertz CT molecular complexity index is 663. The van der Waals surface area contributed by atoms with Gasteiger partial charge in [0.25, 0.3) is 10.0 Å². The van der Waals surface area contributed by atoms with Crippen molar-refractivity contribution in [1.82, 2.24) is 10.3 Å². The molecule has 1 heterocycles. The monoisotopic (exact) mass is 311 g/mol. The van der Waals surface area contributed by atoms with E-state index in [0.29, 0.717) is 5.13 Å². The molecular weight excluding hydrogens is 294 g/mol. The van der Waals surface area contributed by atoms with Crippen molar-refractivity contribution in [3.8, 4) is 0 Å². The van der Waals surface area contributed by atoms with Gasteiger partial charge in [-0.05, 0) is 31.2 Å². The molecule has 0 aliphatic heterocycles. The zero-order chi connectivity index (χ0) is 14.6. The lowest BCUT2D eigenvalue weighted by Crippen LogP contribution is -2.14. The molecule has 1 aromatic heterocycles. The number of benzene rings is 1. The third kappa shape index (κ3) is 3.78. The lowest BCUT2D eigenvalue weighted by molar-refractivity contribution is 0.601. The SMILES string of the molecule is CCNCc1ccc(S(=O)(=O)Nc2ncc(C)s2)cc1. The van der Waals surface area contributed by atoms with Gasteiger partial charge in [0.2, 0.25) is 0 Å². The first-order chi connectivity index (χ1) is 9.51. The van der Waals surface area contributed by atoms with Gasteiger partial charge >= 0.3 is 0 Å². The molecule has 0 unspecified atom stereocenters. The van der Waals surface area contributed by atoms with Crippen LogP contribution in [0, 0.1) is 6.92 Å². The van der Waals surface area contributed by atoms with E-state index in [1.165, 1.54) is 11.3 Å². The average molecular weight is 311 g/mol. The minimum absolute atomic E-state index is 0.241. The van der Waals surface area contributed by atoms with Crippen LogP contribution >= 0.6 is 11.3 Å². The van der Waals surface area contributed by atoms with Crippen molar-refractivity contribution in [3.05, 3.63) is 40.9 Å². The molecule has 0 aliphatic carbocycles. The summed E-state index contributed by atoms with van der Waals surface area (Å²) in [7, 11) is -3.56. The van der Waals surface area contributed by atoms with Crippen LogP contribution < -0.4 is 10.0 Å². The zero-order valence-corrected chi connectivity index (χ0v) is 13.0. The van der Waals surface area contributed by atoms with Crippen LogP contribution in [-0.2, 0) is 16.6 Å². The number of hydrogen-bond acceptors (Lipinski definition) is 5. The second-order valence-corrected chi connectivity index (χ2v) is 7.22. The van der Waals surface area contributed by atoms with E-state index in [-0.39, 0.29) is 4.90 Å². The number of aryl methyl sites for hydroxylation is 1. The molecule has 0 saturated carbocycles. The number of nitrogens with zero attached hydrogens (tertiary/aromatic N) is 1. The summed E-state index contributed by atoms with van der Waals surface area (Å²) in [5.74, 6) is 0. The Labute approximate surface area is 123 Å². The molecule has 0 amide bonds. The summed E-state index contributed by atoms with van der Waals surface area (Å²) < 4.78 is 26.8. The Morgan fingerprint density at radius 1 is 1.25 bits per heavy atom. The minimum Gasteiger partial charge on any atom is -0.313 e. The fourth-order valence-electron chi connectivity index (χ4n) is 1.63. The third-order valence-electron chi connectivity index (χ3n) is 2.66. The maximum Gasteiger partial charge on any atom is 0.263 e. The number of thiazole rings is 1. The predicted molar refractivity (Wildman–Crippen MR) is 81.5 cm³/mol. The molecule has 108 valence electrons. The van der Waals surface area contributed by atoms with E-state index >= 15 is 0 Å². The number of anilines is 1. The molecule has 0 spiro atoms. The molecule has 2 rings (SSSR count). The van der Waals surface area contributed by atoms with Gasteiger partial charge in [-0.3, -0.25) is 4.72 Å². The van der Waals surface area contributed by atoms with Crippen LogP contribution in [0.1, 0.15) is 17.4 Å². The highest BCUT2D eigenvalue weighted by molar-refractivity contribution is 7.93. The average Bonchev–Trinajstić information content (AvgIpc) is 2.81. The van der Waals surface area contributed by atoms with Gasteiger partial charge in [0.1, 0.15) is 0 Å². The molecule has 0 bridgehead atoms. The van der Waals surface area contributed by atoms with Crippen molar-refractivity contribution in [3.63, 3.8) is 0 Å². The molecule has 0 radical (unpaired) electrons. The Morgan fingerprint density at radius 3 is 2.50 bits per heavy atom. The number of nitrogens with one attached hydrogen (secondary N) is 2. The molecule has 7 heteroatoms. The molecule has 5 nitrogen and oxygen atoms in total. The quantitative estimate of drug-likeness (QED) is 0.859. The standard InChI is InChI=1S/C13H17N3O2S2/c1-3-14-9-11-4-6-12(7-5-11)20(17,18)16-13-15-8-10(2)19-13/h4-8,14H,3,9H2,1-2H3,(H,15,16). The fraction of sp³-hybridized carbons (Fsp3) is 0.308. The summed E-state index contributed by atoms with van der Waals surface area (Å²) in [6.45, 7) is 5.52. The van der Waals surface area contributed by atoms with Crippen LogP contribution in [0.15, 0.2) is 35.4 Å². The minimum atomic E-state index is -3.56. The Kier molecular flexibility index (Phi) is 4.74. The van der Waals surface area contributed by atoms with Gasteiger partial charge in [-0.1, -0.05) is 19.1 Å². The predicted octanol–water partition coefficient (Wildman–Crippen LogP) is 2.36. The molecule has 0 aliphatic rings. The second kappa shape index (κ2) is 6.34. The summed E-state index contributed by atoms with van der Waals surface area (Å²) >= 11 is 1.31. The summed E-state index contributed by atoms with van der Waals surface area (Å²) in [5, 5.41) is 3.58. The van der Waals surface area contributed by atoms with Gasteiger partial charge in [0.05, 0.1) is 4.90 Å². The van der Waals surface area contributed by atoms with Gasteiger partial charge in [-0.2, -0.15) is 0 Å². The first-order valence-corrected chi connectivity index (χ1v) is 8.56. The summed E-state index contributed by atoms with van der Waals surface area (Å²) in [6, 6.07) is 6.83. The van der Waals surface area contributed by atoms with Crippen molar-refractivity contribution < 1.29 is 8.42 Å². The number of hydrogen-bond donors (Lipinski definition) is 2. The maximum atomic E-state index is 12.2. The largest absolute Gasteiger partial charge is 0.313 e. The van der Waals surface area contributed by atoms with Gasteiger partial charge in [0, 0.05) is 17.6 Å². The van der Waals surface area contributed by atoms with E-state index in [1.54, 1.807) is 18.3 Å². The zero-order valence-electron chi connectivity index (χ0n) is 11.4. The molecule has 20 heavy (non-hydrogen) atoms. The van der Waals surface area contributed by atoms with E-state index in [1.807, 2.05) is 26.0 Å². The van der Waals surface area contributed by atoms with Gasteiger partial charge < -0.3 is 5.32 Å². The van der Waals surface area contributed by atoms with E-state index < -0.39 is 10.0 Å². The van der Waals surface area contributed by atoms with E-state index in [4.69, 9.17) is 0 Å². The normalized spacial score (nSPS) is 11.5. The second-order valence-electron chi connectivity index (χ2n) is 4.31. The van der Waals surface area contributed by atoms with E-state index in [9.17, 15) is 8.42 Å². The molecular formula is C13H17N3O2S2. The van der Waals surface area contributed by atoms with Crippen LogP contribution in [0.3, 0.4) is 0 Å². The topological polar surface area (TPSA) is 71.1 Å². The van der Waals surface area contributed by atoms with Gasteiger partial charge in [-0.25, -0.2) is 13.4 Å². The number of rotatable bonds is 6.